The summed E-state index contributed by atoms with van der Waals surface area (Å²) in [4.78, 5) is 2.50. The molecule has 0 fully saturated rings. The Morgan fingerprint density at radius 1 is 0.522 bits per heavy atom. The lowest BCUT2D eigenvalue weighted by atomic mass is 9.82. The number of thiophene rings is 1. The third-order valence-electron chi connectivity index (χ3n) is 10.1. The van der Waals surface area contributed by atoms with Crippen LogP contribution < -0.4 is 4.90 Å². The van der Waals surface area contributed by atoms with Gasteiger partial charge in [0, 0.05) is 53.0 Å². The highest BCUT2D eigenvalue weighted by atomic mass is 32.1. The number of fused-ring (bicyclic) bond motifs is 11. The Morgan fingerprint density at radius 3 is 2.15 bits per heavy atom. The van der Waals surface area contributed by atoms with Crippen LogP contribution in [0, 0.1) is 0 Å². The number of hydrogen-bond acceptors (Lipinski definition) is 3. The summed E-state index contributed by atoms with van der Waals surface area (Å²) in [5, 5.41) is 7.33. The van der Waals surface area contributed by atoms with Crippen LogP contribution >= 0.6 is 11.3 Å². The fourth-order valence-corrected chi connectivity index (χ4v) is 9.08. The molecule has 9 aromatic rings. The van der Waals surface area contributed by atoms with Crippen LogP contribution in [0.5, 0.6) is 0 Å². The predicted octanol–water partition coefficient (Wildman–Crippen LogP) is 12.9. The van der Waals surface area contributed by atoms with Gasteiger partial charge >= 0.3 is 0 Å². The summed E-state index contributed by atoms with van der Waals surface area (Å²) in [7, 11) is 0. The highest BCUT2D eigenvalue weighted by Crippen LogP contribution is 2.55. The first-order valence-electron chi connectivity index (χ1n) is 15.9. The molecule has 0 saturated carbocycles. The smallest absolute Gasteiger partial charge is 0.136 e. The fraction of sp³-hybridized carbons (Fsp3) is 0.0698. The number of para-hydroxylation sites is 1. The summed E-state index contributed by atoms with van der Waals surface area (Å²) < 4.78 is 8.93. The normalized spacial score (nSPS) is 13.6. The zero-order valence-electron chi connectivity index (χ0n) is 25.5. The second-order valence-corrected chi connectivity index (χ2v) is 14.0. The largest absolute Gasteiger partial charge is 0.456 e. The first-order chi connectivity index (χ1) is 22.6. The van der Waals surface area contributed by atoms with Gasteiger partial charge in [-0.05, 0) is 70.6 Å². The molecule has 0 saturated heterocycles. The van der Waals surface area contributed by atoms with Crippen molar-refractivity contribution in [3.8, 4) is 11.1 Å². The molecule has 0 radical (unpaired) electrons. The van der Waals surface area contributed by atoms with Gasteiger partial charge in [0.25, 0.3) is 0 Å². The van der Waals surface area contributed by atoms with Crippen molar-refractivity contribution in [2.45, 2.75) is 19.3 Å². The zero-order chi connectivity index (χ0) is 30.6. The highest BCUT2D eigenvalue weighted by molar-refractivity contribution is 7.25. The van der Waals surface area contributed by atoms with Crippen molar-refractivity contribution in [1.29, 1.82) is 0 Å². The van der Waals surface area contributed by atoms with Gasteiger partial charge in [0.2, 0.25) is 0 Å². The molecule has 7 aromatic carbocycles. The average molecular weight is 608 g/mol. The molecule has 46 heavy (non-hydrogen) atoms. The SMILES string of the molecule is CC1(C)c2ccccc2-c2c(N(c3ccc4c(c3)sc3ccccc34)c3cccc4c3ccc3oc5ccccc5c34)cccc21. The van der Waals surface area contributed by atoms with E-state index in [4.69, 9.17) is 4.42 Å². The van der Waals surface area contributed by atoms with Gasteiger partial charge in [-0.25, -0.2) is 0 Å². The van der Waals surface area contributed by atoms with E-state index in [1.165, 1.54) is 64.3 Å². The van der Waals surface area contributed by atoms with Gasteiger partial charge < -0.3 is 9.32 Å². The van der Waals surface area contributed by atoms with E-state index in [0.29, 0.717) is 0 Å². The van der Waals surface area contributed by atoms with Gasteiger partial charge in [0.05, 0.1) is 11.4 Å². The molecule has 0 N–H and O–H groups in total. The van der Waals surface area contributed by atoms with Crippen LogP contribution in [-0.4, -0.2) is 0 Å². The van der Waals surface area contributed by atoms with Crippen molar-refractivity contribution in [1.82, 2.24) is 0 Å². The highest BCUT2D eigenvalue weighted by Gasteiger charge is 2.37. The van der Waals surface area contributed by atoms with Crippen LogP contribution in [0.15, 0.2) is 144 Å². The summed E-state index contributed by atoms with van der Waals surface area (Å²) in [5.41, 5.74) is 10.6. The van der Waals surface area contributed by atoms with Gasteiger partial charge in [-0.2, -0.15) is 0 Å². The minimum absolute atomic E-state index is 0.0936. The Hall–Kier alpha value is -5.38. The summed E-state index contributed by atoms with van der Waals surface area (Å²) in [6.45, 7) is 4.71. The second-order valence-electron chi connectivity index (χ2n) is 12.9. The molecule has 3 heteroatoms. The van der Waals surface area contributed by atoms with E-state index in [1.54, 1.807) is 0 Å². The van der Waals surface area contributed by atoms with E-state index in [9.17, 15) is 0 Å². The summed E-state index contributed by atoms with van der Waals surface area (Å²) in [6, 6.07) is 51.0. The molecule has 0 amide bonds. The fourth-order valence-electron chi connectivity index (χ4n) is 7.94. The van der Waals surface area contributed by atoms with Crippen molar-refractivity contribution in [3.63, 3.8) is 0 Å². The van der Waals surface area contributed by atoms with Gasteiger partial charge in [-0.1, -0.05) is 105 Å². The standard InChI is InChI=1S/C43H29NOS/c1-43(2)33-15-6-3-12-31(33)42-34(43)16-10-18-36(42)44(26-21-22-29-28-11-5-8-20-39(28)46-40(29)25-26)35-17-9-14-30-27(35)23-24-38-41(30)32-13-4-7-19-37(32)45-38/h3-25H,1-2H3. The van der Waals surface area contributed by atoms with Crippen molar-refractivity contribution in [2.75, 3.05) is 4.90 Å². The lowest BCUT2D eigenvalue weighted by Gasteiger charge is -2.30. The average Bonchev–Trinajstić information content (AvgIpc) is 3.73. The maximum Gasteiger partial charge on any atom is 0.136 e. The molecule has 0 unspecified atom stereocenters. The number of hydrogen-bond donors (Lipinski definition) is 0. The van der Waals surface area contributed by atoms with Gasteiger partial charge in [0.15, 0.2) is 0 Å². The summed E-state index contributed by atoms with van der Waals surface area (Å²) >= 11 is 1.87. The minimum atomic E-state index is -0.0936. The Kier molecular flexibility index (Phi) is 5.25. The topological polar surface area (TPSA) is 16.4 Å². The minimum Gasteiger partial charge on any atom is -0.456 e. The maximum absolute atomic E-state index is 6.32. The number of furan rings is 1. The molecule has 2 heterocycles. The first kappa shape index (κ1) is 25.9. The van der Waals surface area contributed by atoms with Crippen LogP contribution in [0.1, 0.15) is 25.0 Å². The molecule has 1 aliphatic carbocycles. The van der Waals surface area contributed by atoms with Crippen LogP contribution in [0.4, 0.5) is 17.1 Å². The molecule has 2 aromatic heterocycles. The Labute approximate surface area is 270 Å². The van der Waals surface area contributed by atoms with Gasteiger partial charge in [0.1, 0.15) is 11.2 Å². The lowest BCUT2D eigenvalue weighted by molar-refractivity contribution is 0.660. The molecule has 0 atom stereocenters. The molecular formula is C43H29NOS. The zero-order valence-corrected chi connectivity index (χ0v) is 26.4. The number of rotatable bonds is 3. The molecule has 218 valence electrons. The molecule has 0 bridgehead atoms. The maximum atomic E-state index is 6.32. The number of benzene rings is 7. The van der Waals surface area contributed by atoms with E-state index < -0.39 is 0 Å². The second kappa shape index (κ2) is 9.32. The summed E-state index contributed by atoms with van der Waals surface area (Å²) in [5.74, 6) is 0. The third kappa shape index (κ3) is 3.46. The number of anilines is 3. The lowest BCUT2D eigenvalue weighted by Crippen LogP contribution is -2.16. The molecule has 10 rings (SSSR count). The number of nitrogens with zero attached hydrogens (tertiary/aromatic N) is 1. The molecule has 0 spiro atoms. The quantitative estimate of drug-likeness (QED) is 0.199. The Bertz CT molecular complexity index is 2690. The predicted molar refractivity (Wildman–Crippen MR) is 196 cm³/mol. The van der Waals surface area contributed by atoms with Crippen molar-refractivity contribution < 1.29 is 4.42 Å². The molecule has 0 aliphatic heterocycles. The van der Waals surface area contributed by atoms with E-state index in [2.05, 4.69) is 152 Å². The first-order valence-corrected chi connectivity index (χ1v) is 16.7. The van der Waals surface area contributed by atoms with Crippen molar-refractivity contribution in [3.05, 3.63) is 151 Å². The van der Waals surface area contributed by atoms with Gasteiger partial charge in [-0.3, -0.25) is 0 Å². The van der Waals surface area contributed by atoms with Crippen molar-refractivity contribution >= 4 is 81.3 Å². The van der Waals surface area contributed by atoms with E-state index in [-0.39, 0.29) is 5.41 Å². The molecule has 1 aliphatic rings. The van der Waals surface area contributed by atoms with Crippen LogP contribution in [-0.2, 0) is 5.41 Å². The van der Waals surface area contributed by atoms with Crippen LogP contribution in [0.25, 0.3) is 64.0 Å². The summed E-state index contributed by atoms with van der Waals surface area (Å²) in [6.07, 6.45) is 0. The monoisotopic (exact) mass is 607 g/mol. The van der Waals surface area contributed by atoms with Crippen molar-refractivity contribution in [2.24, 2.45) is 0 Å². The van der Waals surface area contributed by atoms with E-state index in [1.807, 2.05) is 17.4 Å². The van der Waals surface area contributed by atoms with Gasteiger partial charge in [-0.15, -0.1) is 11.3 Å². The third-order valence-corrected chi connectivity index (χ3v) is 11.2. The Morgan fingerprint density at radius 2 is 1.22 bits per heavy atom. The molecular weight excluding hydrogens is 579 g/mol. The van der Waals surface area contributed by atoms with Crippen LogP contribution in [0.3, 0.4) is 0 Å². The molecule has 2 nitrogen and oxygen atoms in total. The van der Waals surface area contributed by atoms with E-state index >= 15 is 0 Å². The Balaban J connectivity index is 1.31. The van der Waals surface area contributed by atoms with E-state index in [0.717, 1.165) is 27.9 Å². The van der Waals surface area contributed by atoms with Crippen LogP contribution in [0.2, 0.25) is 0 Å².